The molecule has 0 aliphatic carbocycles. The third-order valence-electron chi connectivity index (χ3n) is 3.03. The van der Waals surface area contributed by atoms with Crippen LogP contribution >= 0.6 is 0 Å². The monoisotopic (exact) mass is 239 g/mol. The predicted molar refractivity (Wildman–Crippen MR) is 74.1 cm³/mol. The third kappa shape index (κ3) is 3.32. The molecule has 0 radical (unpaired) electrons. The second-order valence-corrected chi connectivity index (χ2v) is 4.46. The molecule has 0 saturated heterocycles. The number of hydrogen-bond acceptors (Lipinski definition) is 2. The van der Waals surface area contributed by atoms with E-state index in [0.29, 0.717) is 6.42 Å². The van der Waals surface area contributed by atoms with Gasteiger partial charge >= 0.3 is 0 Å². The summed E-state index contributed by atoms with van der Waals surface area (Å²) in [5.41, 5.74) is 2.27. The zero-order valence-corrected chi connectivity index (χ0v) is 10.3. The van der Waals surface area contributed by atoms with E-state index in [2.05, 4.69) is 23.0 Å². The minimum absolute atomic E-state index is 0.597. The van der Waals surface area contributed by atoms with Crippen LogP contribution in [0.4, 0.5) is 0 Å². The van der Waals surface area contributed by atoms with E-state index in [-0.39, 0.29) is 0 Å². The number of pyridine rings is 1. The molecule has 1 unspecified atom stereocenters. The molecule has 2 heteroatoms. The Bertz CT molecular complexity index is 556. The molecule has 1 heterocycles. The zero-order chi connectivity index (χ0) is 12.8. The molecule has 18 heavy (non-hydrogen) atoms. The van der Waals surface area contributed by atoms with Crippen LogP contribution in [-0.2, 0) is 6.42 Å². The van der Waals surface area contributed by atoms with Crippen molar-refractivity contribution in [2.45, 2.75) is 31.8 Å². The maximum Gasteiger partial charge on any atom is 0.114 e. The molecule has 2 nitrogen and oxygen atoms in total. The highest BCUT2D eigenvalue weighted by Gasteiger charge is 2.00. The Hall–Kier alpha value is -1.85. The SMILES string of the molecule is C#CC(O)CCCCc1cnc2ccccc2c1. The fourth-order valence-corrected chi connectivity index (χ4v) is 2.00. The first kappa shape index (κ1) is 12.6. The number of rotatable bonds is 5. The second-order valence-electron chi connectivity index (χ2n) is 4.46. The fourth-order valence-electron chi connectivity index (χ4n) is 2.00. The molecule has 2 aromatic rings. The second kappa shape index (κ2) is 6.18. The van der Waals surface area contributed by atoms with Crippen LogP contribution in [0, 0.1) is 12.3 Å². The minimum atomic E-state index is -0.597. The predicted octanol–water partition coefficient (Wildman–Crippen LogP) is 2.94. The lowest BCUT2D eigenvalue weighted by molar-refractivity contribution is 0.218. The minimum Gasteiger partial charge on any atom is -0.380 e. The largest absolute Gasteiger partial charge is 0.380 e. The summed E-state index contributed by atoms with van der Waals surface area (Å²) < 4.78 is 0. The number of para-hydroxylation sites is 1. The summed E-state index contributed by atoms with van der Waals surface area (Å²) in [5, 5.41) is 10.4. The van der Waals surface area contributed by atoms with Crippen LogP contribution in [0.5, 0.6) is 0 Å². The van der Waals surface area contributed by atoms with Gasteiger partial charge in [0.25, 0.3) is 0 Å². The van der Waals surface area contributed by atoms with E-state index in [1.54, 1.807) is 0 Å². The van der Waals surface area contributed by atoms with Gasteiger partial charge in [-0.05, 0) is 43.4 Å². The lowest BCUT2D eigenvalue weighted by Crippen LogP contribution is -2.01. The lowest BCUT2D eigenvalue weighted by Gasteiger charge is -2.04. The normalized spacial score (nSPS) is 12.2. The van der Waals surface area contributed by atoms with Gasteiger partial charge in [0.15, 0.2) is 0 Å². The molecule has 2 rings (SSSR count). The van der Waals surface area contributed by atoms with Crippen LogP contribution < -0.4 is 0 Å². The number of fused-ring (bicyclic) bond motifs is 1. The summed E-state index contributed by atoms with van der Waals surface area (Å²) >= 11 is 0. The van der Waals surface area contributed by atoms with Gasteiger partial charge in [-0.25, -0.2) is 0 Å². The molecule has 1 aromatic heterocycles. The summed E-state index contributed by atoms with van der Waals surface area (Å²) in [5.74, 6) is 2.33. The maximum absolute atomic E-state index is 9.25. The number of aliphatic hydroxyl groups is 1. The number of aliphatic hydroxyl groups excluding tert-OH is 1. The Balaban J connectivity index is 1.90. The first-order valence-electron chi connectivity index (χ1n) is 6.27. The van der Waals surface area contributed by atoms with Crippen molar-refractivity contribution in [1.82, 2.24) is 4.98 Å². The van der Waals surface area contributed by atoms with Crippen molar-refractivity contribution in [3.05, 3.63) is 42.1 Å². The molecular weight excluding hydrogens is 222 g/mol. The van der Waals surface area contributed by atoms with Gasteiger partial charge in [0.2, 0.25) is 0 Å². The van der Waals surface area contributed by atoms with Crippen LogP contribution in [-0.4, -0.2) is 16.2 Å². The number of aryl methyl sites for hydroxylation is 1. The molecule has 0 aliphatic rings. The van der Waals surface area contributed by atoms with Gasteiger partial charge < -0.3 is 5.11 Å². The number of hydrogen-bond donors (Lipinski definition) is 1. The summed E-state index contributed by atoms with van der Waals surface area (Å²) in [6.07, 6.45) is 10.1. The Labute approximate surface area is 108 Å². The fraction of sp³-hybridized carbons (Fsp3) is 0.312. The standard InChI is InChI=1S/C16H17NO/c1-2-15(18)9-5-3-7-13-11-14-8-4-6-10-16(14)17-12-13/h1,4,6,8,10-12,15,18H,3,5,7,9H2. The van der Waals surface area contributed by atoms with E-state index >= 15 is 0 Å². The Morgan fingerprint density at radius 2 is 2.11 bits per heavy atom. The van der Waals surface area contributed by atoms with Gasteiger partial charge in [-0.3, -0.25) is 4.98 Å². The van der Waals surface area contributed by atoms with Crippen LogP contribution in [0.3, 0.4) is 0 Å². The molecule has 1 aromatic carbocycles. The van der Waals surface area contributed by atoms with Crippen molar-refractivity contribution in [3.63, 3.8) is 0 Å². The van der Waals surface area contributed by atoms with Crippen molar-refractivity contribution in [1.29, 1.82) is 0 Å². The highest BCUT2D eigenvalue weighted by molar-refractivity contribution is 5.78. The molecule has 0 fully saturated rings. The molecule has 0 saturated carbocycles. The molecule has 1 N–H and O–H groups in total. The average molecular weight is 239 g/mol. The number of nitrogens with zero attached hydrogens (tertiary/aromatic N) is 1. The highest BCUT2D eigenvalue weighted by Crippen LogP contribution is 2.14. The quantitative estimate of drug-likeness (QED) is 0.643. The lowest BCUT2D eigenvalue weighted by atomic mass is 10.1. The van der Waals surface area contributed by atoms with Crippen molar-refractivity contribution in [3.8, 4) is 12.3 Å². The number of benzene rings is 1. The summed E-state index contributed by atoms with van der Waals surface area (Å²) in [6.45, 7) is 0. The first-order valence-corrected chi connectivity index (χ1v) is 6.27. The van der Waals surface area contributed by atoms with E-state index in [1.165, 1.54) is 10.9 Å². The number of unbranched alkanes of at least 4 members (excludes halogenated alkanes) is 1. The molecule has 1 atom stereocenters. The molecule has 0 bridgehead atoms. The molecule has 0 aliphatic heterocycles. The van der Waals surface area contributed by atoms with Crippen molar-refractivity contribution < 1.29 is 5.11 Å². The Morgan fingerprint density at radius 3 is 2.94 bits per heavy atom. The van der Waals surface area contributed by atoms with Gasteiger partial charge in [0.1, 0.15) is 6.10 Å². The number of terminal acetylenes is 1. The van der Waals surface area contributed by atoms with E-state index in [9.17, 15) is 5.11 Å². The van der Waals surface area contributed by atoms with Crippen molar-refractivity contribution in [2.75, 3.05) is 0 Å². The highest BCUT2D eigenvalue weighted by atomic mass is 16.3. The Kier molecular flexibility index (Phi) is 4.33. The van der Waals surface area contributed by atoms with Crippen LogP contribution in [0.15, 0.2) is 36.5 Å². The van der Waals surface area contributed by atoms with Crippen molar-refractivity contribution >= 4 is 10.9 Å². The summed E-state index contributed by atoms with van der Waals surface area (Å²) in [6, 6.07) is 10.3. The molecule has 0 amide bonds. The maximum atomic E-state index is 9.25. The average Bonchev–Trinajstić information content (AvgIpc) is 2.43. The van der Waals surface area contributed by atoms with Gasteiger partial charge in [0.05, 0.1) is 5.52 Å². The number of aromatic nitrogens is 1. The van der Waals surface area contributed by atoms with Crippen LogP contribution in [0.25, 0.3) is 10.9 Å². The summed E-state index contributed by atoms with van der Waals surface area (Å²) in [4.78, 5) is 4.43. The third-order valence-corrected chi connectivity index (χ3v) is 3.03. The van der Waals surface area contributed by atoms with Gasteiger partial charge in [-0.15, -0.1) is 6.42 Å². The van der Waals surface area contributed by atoms with E-state index in [1.807, 2.05) is 24.4 Å². The van der Waals surface area contributed by atoms with E-state index in [4.69, 9.17) is 6.42 Å². The summed E-state index contributed by atoms with van der Waals surface area (Å²) in [7, 11) is 0. The smallest absolute Gasteiger partial charge is 0.114 e. The molecule has 92 valence electrons. The molecular formula is C16H17NO. The van der Waals surface area contributed by atoms with E-state index < -0.39 is 6.10 Å². The van der Waals surface area contributed by atoms with Gasteiger partial charge in [-0.1, -0.05) is 24.1 Å². The van der Waals surface area contributed by atoms with Crippen LogP contribution in [0.1, 0.15) is 24.8 Å². The topological polar surface area (TPSA) is 33.1 Å². The van der Waals surface area contributed by atoms with Crippen molar-refractivity contribution in [2.24, 2.45) is 0 Å². The molecule has 0 spiro atoms. The first-order chi connectivity index (χ1) is 8.79. The van der Waals surface area contributed by atoms with Gasteiger partial charge in [0, 0.05) is 11.6 Å². The Morgan fingerprint density at radius 1 is 1.28 bits per heavy atom. The van der Waals surface area contributed by atoms with E-state index in [0.717, 1.165) is 24.8 Å². The zero-order valence-electron chi connectivity index (χ0n) is 10.3. The van der Waals surface area contributed by atoms with Gasteiger partial charge in [-0.2, -0.15) is 0 Å². The van der Waals surface area contributed by atoms with Crippen LogP contribution in [0.2, 0.25) is 0 Å².